The fourth-order valence-corrected chi connectivity index (χ4v) is 4.47. The molecule has 0 aliphatic heterocycles. The molecular formula is C29H38N2O6S. The molecular weight excluding hydrogens is 504 g/mol. The number of aromatic hydroxyl groups is 1. The number of carbonyl (C=O) groups is 1. The first-order chi connectivity index (χ1) is 18.6. The number of unbranched alkanes of at least 4 members (excludes halogenated alkanes) is 3. The van der Waals surface area contributed by atoms with Gasteiger partial charge in [-0.1, -0.05) is 37.1 Å². The normalized spacial score (nSPS) is 11.9. The molecule has 0 fully saturated rings. The predicted octanol–water partition coefficient (Wildman–Crippen LogP) is 4.62. The molecule has 5 N–H and O–H groups in total. The lowest BCUT2D eigenvalue weighted by atomic mass is 10.1. The maximum absolute atomic E-state index is 12.2. The molecule has 0 aliphatic rings. The van der Waals surface area contributed by atoms with Gasteiger partial charge in [-0.15, -0.1) is 11.3 Å². The van der Waals surface area contributed by atoms with Crippen molar-refractivity contribution in [3.8, 4) is 5.75 Å². The second-order valence-corrected chi connectivity index (χ2v) is 9.92. The van der Waals surface area contributed by atoms with Crippen LogP contribution in [0.2, 0.25) is 0 Å². The number of amides is 1. The topological polar surface area (TPSA) is 120 Å². The molecule has 1 aromatic heterocycles. The van der Waals surface area contributed by atoms with Gasteiger partial charge in [0, 0.05) is 24.4 Å². The average molecular weight is 543 g/mol. The number of hydrogen-bond acceptors (Lipinski definition) is 8. The number of anilines is 1. The Balaban J connectivity index is 1.15. The van der Waals surface area contributed by atoms with Crippen LogP contribution in [-0.2, 0) is 22.7 Å². The van der Waals surface area contributed by atoms with E-state index in [0.29, 0.717) is 49.0 Å². The molecule has 0 saturated carbocycles. The zero-order chi connectivity index (χ0) is 27.0. The molecule has 2 aromatic carbocycles. The Kier molecular flexibility index (Phi) is 13.3. The number of thiophene rings is 1. The van der Waals surface area contributed by atoms with E-state index >= 15 is 0 Å². The van der Waals surface area contributed by atoms with Gasteiger partial charge in [-0.2, -0.15) is 0 Å². The van der Waals surface area contributed by atoms with Crippen LogP contribution in [0.3, 0.4) is 0 Å². The number of rotatable bonds is 18. The second-order valence-electron chi connectivity index (χ2n) is 8.98. The van der Waals surface area contributed by atoms with Crippen molar-refractivity contribution in [3.63, 3.8) is 0 Å². The van der Waals surface area contributed by atoms with E-state index in [9.17, 15) is 20.1 Å². The second kappa shape index (κ2) is 16.9. The van der Waals surface area contributed by atoms with Crippen LogP contribution in [0.5, 0.6) is 5.75 Å². The maximum Gasteiger partial charge on any atom is 0.265 e. The average Bonchev–Trinajstić information content (AvgIpc) is 3.47. The molecule has 38 heavy (non-hydrogen) atoms. The van der Waals surface area contributed by atoms with Gasteiger partial charge < -0.3 is 35.4 Å². The van der Waals surface area contributed by atoms with Gasteiger partial charge in [0.2, 0.25) is 0 Å². The first kappa shape index (κ1) is 29.8. The Morgan fingerprint density at radius 2 is 1.79 bits per heavy atom. The molecule has 1 heterocycles. The van der Waals surface area contributed by atoms with Crippen LogP contribution >= 0.6 is 11.3 Å². The third-order valence-electron chi connectivity index (χ3n) is 5.96. The highest BCUT2D eigenvalue weighted by Gasteiger charge is 2.10. The van der Waals surface area contributed by atoms with E-state index in [1.807, 2.05) is 35.7 Å². The Morgan fingerprint density at radius 1 is 0.947 bits per heavy atom. The Bertz CT molecular complexity index is 1090. The summed E-state index contributed by atoms with van der Waals surface area (Å²) in [5, 5.41) is 37.2. The molecule has 0 spiro atoms. The summed E-state index contributed by atoms with van der Waals surface area (Å²) < 4.78 is 11.4. The zero-order valence-corrected chi connectivity index (χ0v) is 22.4. The van der Waals surface area contributed by atoms with Crippen LogP contribution in [0.25, 0.3) is 0 Å². The van der Waals surface area contributed by atoms with Crippen LogP contribution in [0.4, 0.5) is 5.69 Å². The third-order valence-corrected chi connectivity index (χ3v) is 6.83. The lowest BCUT2D eigenvalue weighted by Crippen LogP contribution is -2.22. The molecule has 0 unspecified atom stereocenters. The number of carbonyl (C=O) groups excluding carboxylic acids is 1. The third kappa shape index (κ3) is 10.5. The SMILES string of the molecule is O=C(Nc1cccc(COCCOCCCCCCNC[C@@H](O)c2ccc(O)c(CO)c2)c1)c1cccs1. The van der Waals surface area contributed by atoms with Gasteiger partial charge >= 0.3 is 0 Å². The molecule has 0 saturated heterocycles. The highest BCUT2D eigenvalue weighted by molar-refractivity contribution is 7.12. The molecule has 3 aromatic rings. The number of hydrogen-bond donors (Lipinski definition) is 5. The first-order valence-electron chi connectivity index (χ1n) is 13.0. The molecule has 8 nitrogen and oxygen atoms in total. The van der Waals surface area contributed by atoms with Gasteiger partial charge in [0.05, 0.1) is 37.4 Å². The summed E-state index contributed by atoms with van der Waals surface area (Å²) in [7, 11) is 0. The zero-order valence-electron chi connectivity index (χ0n) is 21.6. The maximum atomic E-state index is 12.2. The van der Waals surface area contributed by atoms with E-state index in [1.54, 1.807) is 18.2 Å². The van der Waals surface area contributed by atoms with Crippen molar-refractivity contribution in [2.75, 3.05) is 38.2 Å². The van der Waals surface area contributed by atoms with Crippen LogP contribution in [0.1, 0.15) is 58.1 Å². The number of ether oxygens (including phenoxy) is 2. The van der Waals surface area contributed by atoms with Gasteiger partial charge in [0.1, 0.15) is 5.75 Å². The number of benzene rings is 2. The predicted molar refractivity (Wildman–Crippen MR) is 150 cm³/mol. The van der Waals surface area contributed by atoms with Crippen molar-refractivity contribution in [1.29, 1.82) is 0 Å². The number of aliphatic hydroxyl groups excluding tert-OH is 2. The highest BCUT2D eigenvalue weighted by Crippen LogP contribution is 2.22. The standard InChI is InChI=1S/C29H38N2O6S/c32-20-24-18-23(10-11-26(24)33)27(34)19-30-12-3-1-2-4-13-36-14-15-37-21-22-7-5-8-25(17-22)31-29(35)28-9-6-16-38-28/h5-11,16-18,27,30,32-34H,1-4,12-15,19-21H2,(H,31,35)/t27-/m1/s1. The number of aliphatic hydroxyl groups is 2. The summed E-state index contributed by atoms with van der Waals surface area (Å²) in [6.45, 7) is 3.20. The summed E-state index contributed by atoms with van der Waals surface area (Å²) in [5.74, 6) is -0.0720. The molecule has 3 rings (SSSR count). The molecule has 1 amide bonds. The summed E-state index contributed by atoms with van der Waals surface area (Å²) in [6.07, 6.45) is 3.48. The summed E-state index contributed by atoms with van der Waals surface area (Å²) >= 11 is 1.41. The van der Waals surface area contributed by atoms with Crippen molar-refractivity contribution in [3.05, 3.63) is 81.5 Å². The first-order valence-corrected chi connectivity index (χ1v) is 13.9. The Hall–Kier alpha value is -2.79. The minimum atomic E-state index is -0.683. The van der Waals surface area contributed by atoms with E-state index in [2.05, 4.69) is 10.6 Å². The quantitative estimate of drug-likeness (QED) is 0.149. The fourth-order valence-electron chi connectivity index (χ4n) is 3.85. The molecule has 0 aliphatic carbocycles. The highest BCUT2D eigenvalue weighted by atomic mass is 32.1. The monoisotopic (exact) mass is 542 g/mol. The minimum Gasteiger partial charge on any atom is -0.508 e. The van der Waals surface area contributed by atoms with Crippen LogP contribution < -0.4 is 10.6 Å². The fraction of sp³-hybridized carbons (Fsp3) is 0.414. The van der Waals surface area contributed by atoms with Crippen molar-refractivity contribution in [1.82, 2.24) is 5.32 Å². The van der Waals surface area contributed by atoms with Crippen LogP contribution in [-0.4, -0.2) is 54.1 Å². The minimum absolute atomic E-state index is 0.0344. The lowest BCUT2D eigenvalue weighted by molar-refractivity contribution is 0.0393. The van der Waals surface area contributed by atoms with E-state index in [4.69, 9.17) is 9.47 Å². The molecule has 0 radical (unpaired) electrons. The largest absolute Gasteiger partial charge is 0.508 e. The van der Waals surface area contributed by atoms with Gasteiger partial charge in [0.15, 0.2) is 0 Å². The Morgan fingerprint density at radius 3 is 2.61 bits per heavy atom. The van der Waals surface area contributed by atoms with Gasteiger partial charge in [-0.3, -0.25) is 4.79 Å². The van der Waals surface area contributed by atoms with E-state index in [1.165, 1.54) is 17.4 Å². The van der Waals surface area contributed by atoms with Crippen LogP contribution in [0, 0.1) is 0 Å². The van der Waals surface area contributed by atoms with Crippen molar-refractivity contribution < 1.29 is 29.6 Å². The molecule has 1 atom stereocenters. The van der Waals surface area contributed by atoms with Crippen molar-refractivity contribution in [2.24, 2.45) is 0 Å². The van der Waals surface area contributed by atoms with Gasteiger partial charge in [0.25, 0.3) is 5.91 Å². The smallest absolute Gasteiger partial charge is 0.265 e. The van der Waals surface area contributed by atoms with Crippen LogP contribution in [0.15, 0.2) is 60.0 Å². The van der Waals surface area contributed by atoms with E-state index < -0.39 is 6.10 Å². The Labute approximate surface area is 228 Å². The number of nitrogens with one attached hydrogen (secondary N) is 2. The van der Waals surface area contributed by atoms with E-state index in [-0.39, 0.29) is 18.3 Å². The van der Waals surface area contributed by atoms with E-state index in [0.717, 1.165) is 43.5 Å². The number of phenols is 1. The summed E-state index contributed by atoms with van der Waals surface area (Å²) in [5.41, 5.74) is 2.83. The summed E-state index contributed by atoms with van der Waals surface area (Å²) in [6, 6.07) is 16.1. The molecule has 0 bridgehead atoms. The lowest BCUT2D eigenvalue weighted by Gasteiger charge is -2.14. The summed E-state index contributed by atoms with van der Waals surface area (Å²) in [4.78, 5) is 12.9. The molecule has 9 heteroatoms. The molecule has 206 valence electrons. The van der Waals surface area contributed by atoms with Crippen molar-refractivity contribution in [2.45, 2.75) is 45.0 Å². The van der Waals surface area contributed by atoms with Gasteiger partial charge in [-0.05, 0) is 66.2 Å². The van der Waals surface area contributed by atoms with Gasteiger partial charge in [-0.25, -0.2) is 0 Å². The van der Waals surface area contributed by atoms with Crippen molar-refractivity contribution >= 4 is 22.9 Å².